The maximum absolute atomic E-state index is 9.63. The van der Waals surface area contributed by atoms with E-state index in [1.165, 1.54) is 0 Å². The van der Waals surface area contributed by atoms with Gasteiger partial charge in [0.15, 0.2) is 5.65 Å². The van der Waals surface area contributed by atoms with Crippen molar-refractivity contribution in [2.75, 3.05) is 0 Å². The molecule has 0 amide bonds. The first kappa shape index (κ1) is 14.3. The van der Waals surface area contributed by atoms with E-state index in [-0.39, 0.29) is 5.92 Å². The zero-order chi connectivity index (χ0) is 15.7. The summed E-state index contributed by atoms with van der Waals surface area (Å²) < 4.78 is 0. The third-order valence-corrected chi connectivity index (χ3v) is 4.51. The molecule has 4 nitrogen and oxygen atoms in total. The molecule has 110 valence electrons. The number of H-pyrrole nitrogens is 1. The molecule has 2 aromatic heterocycles. The van der Waals surface area contributed by atoms with Gasteiger partial charge in [0.1, 0.15) is 0 Å². The van der Waals surface area contributed by atoms with Crippen LogP contribution in [0.2, 0.25) is 0 Å². The van der Waals surface area contributed by atoms with E-state index in [2.05, 4.69) is 47.2 Å². The van der Waals surface area contributed by atoms with Gasteiger partial charge in [0.25, 0.3) is 0 Å². The van der Waals surface area contributed by atoms with Crippen molar-refractivity contribution in [1.82, 2.24) is 15.2 Å². The SMILES string of the molecule is CC(C)C(C)(C#N)c1cccc(-c2ccnc3[nH]ncc23)c1. The number of hydrogen-bond acceptors (Lipinski definition) is 3. The monoisotopic (exact) mass is 290 g/mol. The quantitative estimate of drug-likeness (QED) is 0.791. The highest BCUT2D eigenvalue weighted by molar-refractivity contribution is 5.92. The molecule has 22 heavy (non-hydrogen) atoms. The number of fused-ring (bicyclic) bond motifs is 1. The molecule has 0 saturated heterocycles. The van der Waals surface area contributed by atoms with E-state index in [9.17, 15) is 5.26 Å². The number of nitriles is 1. The Bertz CT molecular complexity index is 857. The second-order valence-electron chi connectivity index (χ2n) is 6.04. The lowest BCUT2D eigenvalue weighted by Gasteiger charge is -2.27. The molecule has 0 aliphatic rings. The van der Waals surface area contributed by atoms with Crippen LogP contribution in [0.15, 0.2) is 42.7 Å². The van der Waals surface area contributed by atoms with Crippen molar-refractivity contribution in [2.24, 2.45) is 5.92 Å². The Hall–Kier alpha value is -2.67. The summed E-state index contributed by atoms with van der Waals surface area (Å²) in [6.07, 6.45) is 3.56. The van der Waals surface area contributed by atoms with Crippen LogP contribution < -0.4 is 0 Å². The Labute approximate surface area is 129 Å². The molecule has 1 unspecified atom stereocenters. The van der Waals surface area contributed by atoms with Gasteiger partial charge in [-0.15, -0.1) is 0 Å². The minimum atomic E-state index is -0.501. The number of benzene rings is 1. The molecular weight excluding hydrogens is 272 g/mol. The minimum Gasteiger partial charge on any atom is -0.261 e. The molecular formula is C18H18N4. The van der Waals surface area contributed by atoms with E-state index in [1.807, 2.05) is 25.1 Å². The lowest BCUT2D eigenvalue weighted by Crippen LogP contribution is -2.26. The summed E-state index contributed by atoms with van der Waals surface area (Å²) >= 11 is 0. The fourth-order valence-corrected chi connectivity index (χ4v) is 2.64. The van der Waals surface area contributed by atoms with Crippen LogP contribution in [0.25, 0.3) is 22.2 Å². The van der Waals surface area contributed by atoms with Crippen molar-refractivity contribution in [1.29, 1.82) is 5.26 Å². The number of rotatable bonds is 3. The molecule has 4 heteroatoms. The Morgan fingerprint density at radius 3 is 2.82 bits per heavy atom. The largest absolute Gasteiger partial charge is 0.261 e. The number of nitrogens with zero attached hydrogens (tertiary/aromatic N) is 3. The fraction of sp³-hybridized carbons (Fsp3) is 0.278. The Balaban J connectivity index is 2.17. The fourth-order valence-electron chi connectivity index (χ4n) is 2.64. The molecule has 3 aromatic rings. The number of pyridine rings is 1. The molecule has 0 bridgehead atoms. The molecule has 1 N–H and O–H groups in total. The molecule has 3 rings (SSSR count). The van der Waals surface area contributed by atoms with Crippen LogP contribution in [-0.4, -0.2) is 15.2 Å². The predicted molar refractivity (Wildman–Crippen MR) is 87.1 cm³/mol. The van der Waals surface area contributed by atoms with Gasteiger partial charge >= 0.3 is 0 Å². The maximum Gasteiger partial charge on any atom is 0.155 e. The van der Waals surface area contributed by atoms with Gasteiger partial charge in [-0.05, 0) is 41.7 Å². The van der Waals surface area contributed by atoms with Crippen LogP contribution in [-0.2, 0) is 5.41 Å². The van der Waals surface area contributed by atoms with Crippen molar-refractivity contribution < 1.29 is 0 Å². The Kier molecular flexibility index (Phi) is 3.42. The Morgan fingerprint density at radius 2 is 2.09 bits per heavy atom. The van der Waals surface area contributed by atoms with Crippen LogP contribution in [0.1, 0.15) is 26.3 Å². The summed E-state index contributed by atoms with van der Waals surface area (Å²) in [7, 11) is 0. The van der Waals surface area contributed by atoms with Crippen LogP contribution in [0.3, 0.4) is 0 Å². The lowest BCUT2D eigenvalue weighted by atomic mass is 9.74. The zero-order valence-electron chi connectivity index (χ0n) is 13.0. The average Bonchev–Trinajstić information content (AvgIpc) is 3.02. The second kappa shape index (κ2) is 5.27. The molecule has 1 aromatic carbocycles. The molecule has 0 fully saturated rings. The summed E-state index contributed by atoms with van der Waals surface area (Å²) in [4.78, 5) is 4.27. The van der Waals surface area contributed by atoms with Crippen LogP contribution >= 0.6 is 0 Å². The minimum absolute atomic E-state index is 0.235. The highest BCUT2D eigenvalue weighted by Gasteiger charge is 2.30. The molecule has 0 aliphatic heterocycles. The average molecular weight is 290 g/mol. The number of hydrogen-bond donors (Lipinski definition) is 1. The topological polar surface area (TPSA) is 65.4 Å². The van der Waals surface area contributed by atoms with E-state index in [0.717, 1.165) is 27.7 Å². The van der Waals surface area contributed by atoms with Gasteiger partial charge in [-0.25, -0.2) is 4.98 Å². The first-order chi connectivity index (χ1) is 10.6. The summed E-state index contributed by atoms with van der Waals surface area (Å²) in [5.41, 5.74) is 3.46. The summed E-state index contributed by atoms with van der Waals surface area (Å²) in [6, 6.07) is 12.7. The number of aromatic nitrogens is 3. The van der Waals surface area contributed by atoms with Crippen LogP contribution in [0.5, 0.6) is 0 Å². The third-order valence-electron chi connectivity index (χ3n) is 4.51. The maximum atomic E-state index is 9.63. The zero-order valence-corrected chi connectivity index (χ0v) is 13.0. The highest BCUT2D eigenvalue weighted by Crippen LogP contribution is 2.34. The number of aromatic amines is 1. The molecule has 1 atom stereocenters. The van der Waals surface area contributed by atoms with Crippen molar-refractivity contribution in [3.63, 3.8) is 0 Å². The van der Waals surface area contributed by atoms with Gasteiger partial charge in [0.05, 0.1) is 17.7 Å². The van der Waals surface area contributed by atoms with Gasteiger partial charge in [-0.3, -0.25) is 5.10 Å². The van der Waals surface area contributed by atoms with E-state index in [4.69, 9.17) is 0 Å². The first-order valence-electron chi connectivity index (χ1n) is 7.36. The highest BCUT2D eigenvalue weighted by atomic mass is 15.1. The number of nitrogens with one attached hydrogen (secondary N) is 1. The van der Waals surface area contributed by atoms with Crippen LogP contribution in [0, 0.1) is 17.2 Å². The van der Waals surface area contributed by atoms with Gasteiger partial charge in [-0.2, -0.15) is 10.4 Å². The molecule has 0 aliphatic carbocycles. The van der Waals surface area contributed by atoms with E-state index in [1.54, 1.807) is 12.4 Å². The van der Waals surface area contributed by atoms with Crippen molar-refractivity contribution in [2.45, 2.75) is 26.2 Å². The van der Waals surface area contributed by atoms with Gasteiger partial charge in [0, 0.05) is 11.6 Å². The van der Waals surface area contributed by atoms with E-state index >= 15 is 0 Å². The Morgan fingerprint density at radius 1 is 1.27 bits per heavy atom. The lowest BCUT2D eigenvalue weighted by molar-refractivity contribution is 0.431. The van der Waals surface area contributed by atoms with Crippen molar-refractivity contribution in [3.05, 3.63) is 48.3 Å². The smallest absolute Gasteiger partial charge is 0.155 e. The molecule has 2 heterocycles. The molecule has 0 saturated carbocycles. The summed E-state index contributed by atoms with van der Waals surface area (Å²) in [5, 5.41) is 17.6. The van der Waals surface area contributed by atoms with Crippen molar-refractivity contribution in [3.8, 4) is 17.2 Å². The van der Waals surface area contributed by atoms with Gasteiger partial charge in [0.2, 0.25) is 0 Å². The van der Waals surface area contributed by atoms with E-state index < -0.39 is 5.41 Å². The standard InChI is InChI=1S/C18H18N4/c1-12(2)18(3,11-19)14-6-4-5-13(9-14)15-7-8-20-17-16(15)10-21-22-17/h4-10,12H,1-3H3,(H,20,21,22). The molecule has 0 radical (unpaired) electrons. The van der Waals surface area contributed by atoms with Gasteiger partial charge < -0.3 is 0 Å². The summed E-state index contributed by atoms with van der Waals surface area (Å²) in [5.74, 6) is 0.235. The van der Waals surface area contributed by atoms with Crippen LogP contribution in [0.4, 0.5) is 0 Å². The third kappa shape index (κ3) is 2.15. The normalized spacial score (nSPS) is 14.0. The summed E-state index contributed by atoms with van der Waals surface area (Å²) in [6.45, 7) is 6.16. The predicted octanol–water partition coefficient (Wildman–Crippen LogP) is 4.06. The molecule has 0 spiro atoms. The second-order valence-corrected chi connectivity index (χ2v) is 6.04. The first-order valence-corrected chi connectivity index (χ1v) is 7.36. The van der Waals surface area contributed by atoms with Crippen molar-refractivity contribution >= 4 is 11.0 Å². The van der Waals surface area contributed by atoms with E-state index in [0.29, 0.717) is 0 Å². The van der Waals surface area contributed by atoms with Gasteiger partial charge in [-0.1, -0.05) is 32.0 Å².